The average Bonchev–Trinajstić information content (AvgIpc) is 2.60. The summed E-state index contributed by atoms with van der Waals surface area (Å²) in [5.74, 6) is -0.837. The molecule has 0 radical (unpaired) electrons. The summed E-state index contributed by atoms with van der Waals surface area (Å²) in [5.41, 5.74) is 0. The number of piperidine rings is 1. The molecule has 2 fully saturated rings. The summed E-state index contributed by atoms with van der Waals surface area (Å²) >= 11 is 0. The predicted octanol–water partition coefficient (Wildman–Crippen LogP) is 1.47. The summed E-state index contributed by atoms with van der Waals surface area (Å²) in [6.07, 6.45) is 7.14. The van der Waals surface area contributed by atoms with Gasteiger partial charge in [0.25, 0.3) is 11.9 Å². The largest absolute Gasteiger partial charge is 0.653 e. The van der Waals surface area contributed by atoms with Crippen LogP contribution in [0.3, 0.4) is 0 Å². The molecule has 0 aromatic rings. The van der Waals surface area contributed by atoms with Gasteiger partial charge in [-0.2, -0.15) is 0 Å². The molecule has 0 spiro atoms. The molecule has 0 aromatic carbocycles. The molecule has 1 saturated carbocycles. The van der Waals surface area contributed by atoms with Gasteiger partial charge in [0.2, 0.25) is 26.4 Å². The summed E-state index contributed by atoms with van der Waals surface area (Å²) in [7, 11) is 0. The molecule has 28 heavy (non-hydrogen) atoms. The second-order valence-electron chi connectivity index (χ2n) is 6.68. The third-order valence-corrected chi connectivity index (χ3v) is 4.29. The third-order valence-electron chi connectivity index (χ3n) is 4.29. The van der Waals surface area contributed by atoms with E-state index in [9.17, 15) is 0 Å². The minimum Gasteiger partial charge on any atom is -0.653 e. The van der Waals surface area contributed by atoms with Crippen LogP contribution in [0, 0.1) is 5.92 Å². The van der Waals surface area contributed by atoms with E-state index in [1.807, 2.05) is 0 Å². The molecule has 2 aliphatic rings. The number of aliphatic hydroxyl groups is 6. The van der Waals surface area contributed by atoms with Crippen LogP contribution in [0.15, 0.2) is 0 Å². The maximum atomic E-state index is 9.00. The van der Waals surface area contributed by atoms with Gasteiger partial charge in [-0.1, -0.05) is 31.2 Å². The molecule has 1 aliphatic carbocycles. The first-order chi connectivity index (χ1) is 12.9. The molecule has 0 aromatic heterocycles. The summed E-state index contributed by atoms with van der Waals surface area (Å²) < 4.78 is 13.6. The molecule has 1 saturated heterocycles. The van der Waals surface area contributed by atoms with Crippen LogP contribution in [0.5, 0.6) is 0 Å². The summed E-state index contributed by atoms with van der Waals surface area (Å²) in [5, 5.41) is 19.7. The molecule has 5 N–H and O–H groups in total. The third kappa shape index (κ3) is 17.5. The Hall–Kier alpha value is -0.597. The van der Waals surface area contributed by atoms with Crippen molar-refractivity contribution in [2.45, 2.75) is 65.0 Å². The SMILES string of the molecule is CC(=O)O.CC(=O)O.CC[OH+]CC[OH+]CC[OH+]C1CCCC2CCC[N-]C21.[Zn]. The zero-order valence-electron chi connectivity index (χ0n) is 17.7. The topological polar surface area (TPSA) is 127 Å². The second-order valence-corrected chi connectivity index (χ2v) is 6.68. The second kappa shape index (κ2) is 19.7. The van der Waals surface area contributed by atoms with Crippen molar-refractivity contribution in [3.63, 3.8) is 0 Å². The van der Waals surface area contributed by atoms with Gasteiger partial charge in [0, 0.05) is 46.7 Å². The van der Waals surface area contributed by atoms with Crippen molar-refractivity contribution in [1.29, 1.82) is 0 Å². The van der Waals surface area contributed by atoms with Crippen LogP contribution in [-0.2, 0) is 29.1 Å². The smallest absolute Gasteiger partial charge is 0.300 e. The van der Waals surface area contributed by atoms with Crippen molar-refractivity contribution in [3.05, 3.63) is 5.32 Å². The van der Waals surface area contributed by atoms with Gasteiger partial charge in [-0.05, 0) is 6.42 Å². The Labute approximate surface area is 181 Å². The molecule has 0 amide bonds. The van der Waals surface area contributed by atoms with E-state index in [2.05, 4.69) is 16.4 Å². The molecule has 162 valence electrons. The Morgan fingerprint density at radius 2 is 1.46 bits per heavy atom. The van der Waals surface area contributed by atoms with Crippen LogP contribution < -0.4 is 0 Å². The van der Waals surface area contributed by atoms with Crippen LogP contribution in [0.4, 0.5) is 0 Å². The van der Waals surface area contributed by atoms with Crippen molar-refractivity contribution >= 4 is 11.9 Å². The van der Waals surface area contributed by atoms with Gasteiger partial charge < -0.3 is 29.7 Å². The van der Waals surface area contributed by atoms with Gasteiger partial charge in [-0.3, -0.25) is 9.59 Å². The number of aliphatic carboxylic acids is 2. The van der Waals surface area contributed by atoms with E-state index < -0.39 is 11.9 Å². The van der Waals surface area contributed by atoms with Gasteiger partial charge in [0.05, 0.1) is 0 Å². The minimum absolute atomic E-state index is 0. The average molecular weight is 459 g/mol. The number of carboxylic acid groups (broad SMARTS) is 2. The maximum absolute atomic E-state index is 9.00. The first-order valence-electron chi connectivity index (χ1n) is 9.87. The maximum Gasteiger partial charge on any atom is 0.300 e. The molecule has 9 heteroatoms. The fourth-order valence-electron chi connectivity index (χ4n) is 3.33. The molecular weight excluding hydrogens is 420 g/mol. The van der Waals surface area contributed by atoms with Gasteiger partial charge in [0.15, 0.2) is 0 Å². The zero-order chi connectivity index (χ0) is 20.5. The number of fused-ring (bicyclic) bond motifs is 1. The van der Waals surface area contributed by atoms with E-state index in [0.717, 1.165) is 59.3 Å². The number of carboxylic acids is 2. The monoisotopic (exact) mass is 457 g/mol. The van der Waals surface area contributed by atoms with E-state index in [1.54, 1.807) is 0 Å². The number of carbonyl (C=O) groups is 2. The molecule has 8 nitrogen and oxygen atoms in total. The number of hydrogen-bond donors (Lipinski definition) is 2. The number of nitrogens with zero attached hydrogens (tertiary/aromatic N) is 1. The van der Waals surface area contributed by atoms with E-state index in [0.29, 0.717) is 12.1 Å². The number of rotatable bonds is 8. The Morgan fingerprint density at radius 1 is 0.929 bits per heavy atom. The van der Waals surface area contributed by atoms with E-state index in [-0.39, 0.29) is 19.5 Å². The fourth-order valence-corrected chi connectivity index (χ4v) is 3.33. The standard InChI is InChI=1S/C15H28NO3.2C2H4O2.Zn/c1-2-17-9-10-18-11-12-19-14-7-3-5-13-6-4-8-16-15(13)14;2*1-2(3)4;/h13-15H,2-12H2,1H3;2*1H3,(H,3,4);/q-1;;;/p+3. The van der Waals surface area contributed by atoms with Gasteiger partial charge >= 0.3 is 0 Å². The minimum atomic E-state index is -0.833. The Bertz CT molecular complexity index is 376. The molecule has 2 rings (SSSR count). The fraction of sp³-hybridized carbons (Fsp3) is 0.895. The molecule has 1 heterocycles. The van der Waals surface area contributed by atoms with Crippen LogP contribution >= 0.6 is 0 Å². The summed E-state index contributed by atoms with van der Waals surface area (Å²) in [6, 6.07) is 0.539. The first-order valence-corrected chi connectivity index (χ1v) is 9.87. The number of ether oxygens (including phenoxy) is 3. The van der Waals surface area contributed by atoms with Crippen LogP contribution in [0.2, 0.25) is 0 Å². The Kier molecular flexibility index (Phi) is 20.8. The van der Waals surface area contributed by atoms with Crippen molar-refractivity contribution in [2.75, 3.05) is 39.6 Å². The van der Waals surface area contributed by atoms with Crippen LogP contribution in [-0.4, -0.2) is 88.1 Å². The van der Waals surface area contributed by atoms with Crippen molar-refractivity contribution < 1.29 is 53.5 Å². The van der Waals surface area contributed by atoms with Crippen molar-refractivity contribution in [2.24, 2.45) is 5.92 Å². The molecule has 3 atom stereocenters. The quantitative estimate of drug-likeness (QED) is 0.324. The normalized spacial score (nSPS) is 22.9. The van der Waals surface area contributed by atoms with Gasteiger partial charge in [0.1, 0.15) is 12.7 Å². The van der Waals surface area contributed by atoms with Gasteiger partial charge in [-0.25, -0.2) is 0 Å². The van der Waals surface area contributed by atoms with E-state index in [1.165, 1.54) is 32.1 Å². The van der Waals surface area contributed by atoms with Gasteiger partial charge in [-0.15, -0.1) is 6.54 Å². The molecule has 1 aliphatic heterocycles. The summed E-state index contributed by atoms with van der Waals surface area (Å²) in [4.78, 5) is 18.0. The van der Waals surface area contributed by atoms with E-state index in [4.69, 9.17) is 29.9 Å². The molecule has 0 bridgehead atoms. The van der Waals surface area contributed by atoms with Crippen LogP contribution in [0.25, 0.3) is 5.32 Å². The van der Waals surface area contributed by atoms with Crippen LogP contribution in [0.1, 0.15) is 52.9 Å². The van der Waals surface area contributed by atoms with E-state index >= 15 is 0 Å². The molecular formula is C19H39NO7Zn+2. The summed E-state index contributed by atoms with van der Waals surface area (Å²) in [6.45, 7) is 9.71. The predicted molar refractivity (Wildman–Crippen MR) is 106 cm³/mol. The van der Waals surface area contributed by atoms with Crippen molar-refractivity contribution in [3.8, 4) is 0 Å². The first kappa shape index (κ1) is 29.6. The molecule has 3 unspecified atom stereocenters. The zero-order valence-corrected chi connectivity index (χ0v) is 20.7. The van der Waals surface area contributed by atoms with Crippen molar-refractivity contribution in [1.82, 2.24) is 0 Å². The Morgan fingerprint density at radius 3 is 2.07 bits per heavy atom. The Balaban J connectivity index is 0. The number of hydrogen-bond acceptors (Lipinski definition) is 2.